The average molecular weight is 913 g/mol. The molecule has 4 aliphatic rings. The Morgan fingerprint density at radius 3 is 2.20 bits per heavy atom. The van der Waals surface area contributed by atoms with Crippen LogP contribution in [0, 0.1) is 0 Å². The molecule has 0 aliphatic carbocycles. The molecule has 3 saturated heterocycles. The van der Waals surface area contributed by atoms with Gasteiger partial charge in [-0.25, -0.2) is 4.79 Å². The first-order valence-corrected chi connectivity index (χ1v) is 22.6. The number of carbonyl (C=O) groups excluding carboxylic acids is 9. The number of rotatable bonds is 23. The lowest BCUT2D eigenvalue weighted by Crippen LogP contribution is -2.58. The van der Waals surface area contributed by atoms with Gasteiger partial charge in [0.15, 0.2) is 0 Å². The summed E-state index contributed by atoms with van der Waals surface area (Å²) in [5.74, 6) is -4.24. The summed E-state index contributed by atoms with van der Waals surface area (Å²) >= 11 is 0. The Bertz CT molecular complexity index is 1920. The highest BCUT2D eigenvalue weighted by atomic mass is 16.6. The van der Waals surface area contributed by atoms with Gasteiger partial charge in [-0.1, -0.05) is 18.9 Å². The van der Waals surface area contributed by atoms with E-state index < -0.39 is 77.2 Å². The van der Waals surface area contributed by atoms with E-state index in [0.717, 1.165) is 24.2 Å². The second-order valence-electron chi connectivity index (χ2n) is 17.5. The highest BCUT2D eigenvalue weighted by Gasteiger charge is 2.47. The molecule has 4 aliphatic heterocycles. The summed E-state index contributed by atoms with van der Waals surface area (Å²) in [6.07, 6.45) is 3.98. The molecule has 1 aromatic carbocycles. The number of primary amides is 1. The Morgan fingerprint density at radius 2 is 1.52 bits per heavy atom. The van der Waals surface area contributed by atoms with Crippen molar-refractivity contribution >= 4 is 59.0 Å². The first-order chi connectivity index (χ1) is 31.1. The van der Waals surface area contributed by atoms with Crippen LogP contribution in [0.1, 0.15) is 119 Å². The number of amides is 9. The van der Waals surface area contributed by atoms with Crippen molar-refractivity contribution in [3.63, 3.8) is 0 Å². The molecule has 21 nitrogen and oxygen atoms in total. The van der Waals surface area contributed by atoms with E-state index in [0.29, 0.717) is 84.0 Å². The molecule has 0 spiro atoms. The van der Waals surface area contributed by atoms with Gasteiger partial charge in [0.05, 0.1) is 37.6 Å². The summed E-state index contributed by atoms with van der Waals surface area (Å²) in [7, 11) is 0. The van der Waals surface area contributed by atoms with E-state index in [1.165, 1.54) is 0 Å². The van der Waals surface area contributed by atoms with Crippen molar-refractivity contribution in [3.05, 3.63) is 29.3 Å². The van der Waals surface area contributed by atoms with Crippen molar-refractivity contribution < 1.29 is 62.1 Å². The quantitative estimate of drug-likeness (QED) is 0.0661. The van der Waals surface area contributed by atoms with Crippen LogP contribution >= 0.6 is 0 Å². The number of carbonyl (C=O) groups is 9. The fourth-order valence-corrected chi connectivity index (χ4v) is 8.31. The maximum absolute atomic E-state index is 13.8. The topological polar surface area (TPSA) is 283 Å². The van der Waals surface area contributed by atoms with Crippen molar-refractivity contribution in [1.29, 1.82) is 0 Å². The lowest BCUT2D eigenvalue weighted by atomic mass is 9.99. The molecule has 1 unspecified atom stereocenters. The van der Waals surface area contributed by atoms with Crippen molar-refractivity contribution in [2.24, 2.45) is 5.73 Å². The van der Waals surface area contributed by atoms with Crippen LogP contribution in [0.2, 0.25) is 0 Å². The monoisotopic (exact) mass is 912 g/mol. The predicted octanol–water partition coefficient (Wildman–Crippen LogP) is 1.02. The number of piperidine rings is 1. The zero-order chi connectivity index (χ0) is 47.1. The third-order valence-corrected chi connectivity index (χ3v) is 11.4. The minimum Gasteiger partial charge on any atom is -0.444 e. The maximum Gasteiger partial charge on any atom is 0.408 e. The molecule has 5 rings (SSSR count). The fraction of sp³-hybridized carbons (Fsp3) is 0.659. The summed E-state index contributed by atoms with van der Waals surface area (Å²) in [6.45, 7) is 7.91. The highest BCUT2D eigenvalue weighted by molar-refractivity contribution is 6.25. The second kappa shape index (κ2) is 24.0. The number of nitrogens with two attached hydrogens (primary N) is 1. The third-order valence-electron chi connectivity index (χ3n) is 11.4. The van der Waals surface area contributed by atoms with Crippen LogP contribution in [-0.2, 0) is 47.7 Å². The van der Waals surface area contributed by atoms with Crippen LogP contribution in [0.3, 0.4) is 0 Å². The molecule has 0 bridgehead atoms. The molecule has 0 radical (unpaired) electrons. The summed E-state index contributed by atoms with van der Waals surface area (Å²) in [6, 6.07) is 0.895. The van der Waals surface area contributed by atoms with Gasteiger partial charge in [-0.3, -0.25) is 48.6 Å². The standard InChI is InChI=1S/C44H64N8O13/c1-44(2,3)65-43(61)49-31-11-5-4-9-27-13-15-32(51(27)41(31)59)38(56)48-30(14-17-34(45)53)37(55)47-20-8-22-63-24-26-64-25-23-62-21-7-19-46-29-12-6-10-28-36(29)42(60)52(40(28)58)33-16-18-35(54)50-39(33)57/h6,10,12,27,30-33,46H,4-5,7-9,11,13-26H2,1-3H3,(H2,45,53)(H,47,55)(H,48,56)(H,49,61)(H,50,54,57)/t27-,30-,31-,32-,33?/m0/s1. The van der Waals surface area contributed by atoms with Gasteiger partial charge in [-0.05, 0) is 84.3 Å². The van der Waals surface area contributed by atoms with Crippen LogP contribution in [0.4, 0.5) is 10.5 Å². The largest absolute Gasteiger partial charge is 0.444 e. The van der Waals surface area contributed by atoms with Crippen LogP contribution in [-0.4, -0.2) is 152 Å². The molecule has 4 heterocycles. The Hall–Kier alpha value is -5.67. The Labute approximate surface area is 378 Å². The number of alkyl carbamates (subject to hydrolysis) is 1. The molecule has 21 heteroatoms. The minimum absolute atomic E-state index is 0.0243. The SMILES string of the molecule is CC(C)(C)OC(=O)N[C@H]1CCCC[C@H]2CC[C@@H](C(=O)N[C@@H](CCC(N)=O)C(=O)NCCCOCCOCCOCCCNc3cccc4c3C(=O)N(C3CCC(=O)NC3=O)C4=O)N2C1=O. The van der Waals surface area contributed by atoms with E-state index in [1.807, 2.05) is 0 Å². The van der Waals surface area contributed by atoms with E-state index in [9.17, 15) is 43.2 Å². The average Bonchev–Trinajstić information content (AvgIpc) is 3.77. The first-order valence-electron chi connectivity index (χ1n) is 22.6. The Morgan fingerprint density at radius 1 is 0.846 bits per heavy atom. The smallest absolute Gasteiger partial charge is 0.408 e. The number of fused-ring (bicyclic) bond motifs is 2. The van der Waals surface area contributed by atoms with E-state index >= 15 is 0 Å². The lowest BCUT2D eigenvalue weighted by molar-refractivity contribution is -0.143. The van der Waals surface area contributed by atoms with Gasteiger partial charge in [0.25, 0.3) is 11.8 Å². The molecule has 9 amide bonds. The number of benzene rings is 1. The molecular weight excluding hydrogens is 849 g/mol. The number of nitrogens with one attached hydrogen (secondary N) is 5. The molecule has 1 aromatic rings. The molecule has 65 heavy (non-hydrogen) atoms. The molecule has 0 saturated carbocycles. The minimum atomic E-state index is -1.07. The van der Waals surface area contributed by atoms with Crippen molar-refractivity contribution in [2.75, 3.05) is 58.0 Å². The number of hydrogen-bond acceptors (Lipinski definition) is 14. The van der Waals surface area contributed by atoms with Crippen LogP contribution in [0.15, 0.2) is 18.2 Å². The summed E-state index contributed by atoms with van der Waals surface area (Å²) in [5, 5.41) is 13.6. The van der Waals surface area contributed by atoms with Gasteiger partial charge in [0.2, 0.25) is 35.4 Å². The second-order valence-corrected chi connectivity index (χ2v) is 17.5. The summed E-state index contributed by atoms with van der Waals surface area (Å²) in [5.41, 5.74) is 5.49. The molecule has 0 aromatic heterocycles. The number of anilines is 1. The number of nitrogens with zero attached hydrogens (tertiary/aromatic N) is 2. The lowest BCUT2D eigenvalue weighted by Gasteiger charge is -2.35. The molecular formula is C44H64N8O13. The van der Waals surface area contributed by atoms with E-state index in [4.69, 9.17) is 24.7 Å². The van der Waals surface area contributed by atoms with Crippen LogP contribution in [0.5, 0.6) is 0 Å². The van der Waals surface area contributed by atoms with E-state index in [1.54, 1.807) is 43.9 Å². The van der Waals surface area contributed by atoms with Crippen molar-refractivity contribution in [3.8, 4) is 0 Å². The van der Waals surface area contributed by atoms with E-state index in [-0.39, 0.29) is 55.3 Å². The van der Waals surface area contributed by atoms with Crippen LogP contribution in [0.25, 0.3) is 0 Å². The zero-order valence-corrected chi connectivity index (χ0v) is 37.5. The van der Waals surface area contributed by atoms with Gasteiger partial charge in [-0.2, -0.15) is 0 Å². The van der Waals surface area contributed by atoms with Gasteiger partial charge >= 0.3 is 6.09 Å². The molecule has 5 atom stereocenters. The molecule has 358 valence electrons. The van der Waals surface area contributed by atoms with Gasteiger partial charge < -0.3 is 50.8 Å². The summed E-state index contributed by atoms with van der Waals surface area (Å²) < 4.78 is 22.2. The van der Waals surface area contributed by atoms with Gasteiger partial charge in [-0.15, -0.1) is 0 Å². The molecule has 3 fully saturated rings. The van der Waals surface area contributed by atoms with Crippen molar-refractivity contribution in [2.45, 2.75) is 134 Å². The fourth-order valence-electron chi connectivity index (χ4n) is 8.31. The summed E-state index contributed by atoms with van der Waals surface area (Å²) in [4.78, 5) is 118. The zero-order valence-electron chi connectivity index (χ0n) is 37.5. The first kappa shape index (κ1) is 50.3. The van der Waals surface area contributed by atoms with Gasteiger partial charge in [0, 0.05) is 50.9 Å². The number of hydrogen-bond donors (Lipinski definition) is 6. The number of imide groups is 2. The maximum atomic E-state index is 13.8. The van der Waals surface area contributed by atoms with Crippen LogP contribution < -0.4 is 32.3 Å². The Balaban J connectivity index is 0.935. The number of ether oxygens (including phenoxy) is 4. The third kappa shape index (κ3) is 14.4. The Kier molecular flexibility index (Phi) is 18.6. The predicted molar refractivity (Wildman–Crippen MR) is 232 cm³/mol. The molecule has 7 N–H and O–H groups in total. The van der Waals surface area contributed by atoms with Gasteiger partial charge in [0.1, 0.15) is 29.8 Å². The normalized spacial score (nSPS) is 21.4. The van der Waals surface area contributed by atoms with E-state index in [2.05, 4.69) is 26.6 Å². The highest BCUT2D eigenvalue weighted by Crippen LogP contribution is 2.33. The van der Waals surface area contributed by atoms with Crippen molar-refractivity contribution in [1.82, 2.24) is 31.1 Å².